The van der Waals surface area contributed by atoms with Gasteiger partial charge in [0.25, 0.3) is 5.56 Å². The summed E-state index contributed by atoms with van der Waals surface area (Å²) in [6, 6.07) is 11.6. The maximum Gasteiger partial charge on any atom is 0.251 e. The lowest BCUT2D eigenvalue weighted by Crippen LogP contribution is -2.39. The number of fused-ring (bicyclic) bond motifs is 1. The maximum atomic E-state index is 12.0. The van der Waals surface area contributed by atoms with Crippen molar-refractivity contribution in [3.8, 4) is 0 Å². The molecule has 1 aliphatic heterocycles. The molecule has 2 aromatic rings. The Bertz CT molecular complexity index is 788. The highest BCUT2D eigenvalue weighted by Gasteiger charge is 2.15. The highest BCUT2D eigenvalue weighted by Crippen LogP contribution is 2.17. The number of nitrogens with zero attached hydrogens (tertiary/aromatic N) is 2. The van der Waals surface area contributed by atoms with E-state index in [0.29, 0.717) is 6.54 Å². The first-order valence-corrected chi connectivity index (χ1v) is 8.83. The largest absolute Gasteiger partial charge is 0.353 e. The molecule has 1 aromatic heterocycles. The summed E-state index contributed by atoms with van der Waals surface area (Å²) < 4.78 is 2.18. The van der Waals surface area contributed by atoms with E-state index < -0.39 is 0 Å². The van der Waals surface area contributed by atoms with Crippen LogP contribution in [0.4, 0.5) is 0 Å². The van der Waals surface area contributed by atoms with Gasteiger partial charge < -0.3 is 9.88 Å². The number of carbonyl (C=O) groups is 1. The number of nitrogens with one attached hydrogen (secondary N) is 1. The zero-order valence-corrected chi connectivity index (χ0v) is 15.0. The summed E-state index contributed by atoms with van der Waals surface area (Å²) in [5, 5.41) is 2.89. The number of benzene rings is 1. The molecular formula is C18H20BrN3O2. The fourth-order valence-electron chi connectivity index (χ4n) is 2.93. The van der Waals surface area contributed by atoms with Crippen LogP contribution in [0.3, 0.4) is 0 Å². The van der Waals surface area contributed by atoms with E-state index in [-0.39, 0.29) is 18.0 Å². The van der Waals surface area contributed by atoms with E-state index in [1.165, 1.54) is 21.8 Å². The number of rotatable bonds is 5. The van der Waals surface area contributed by atoms with Crippen LogP contribution in [0.15, 0.2) is 51.9 Å². The molecule has 0 saturated heterocycles. The summed E-state index contributed by atoms with van der Waals surface area (Å²) >= 11 is 3.31. The summed E-state index contributed by atoms with van der Waals surface area (Å²) in [5.74, 6) is -0.146. The lowest BCUT2D eigenvalue weighted by molar-refractivity contribution is -0.121. The summed E-state index contributed by atoms with van der Waals surface area (Å²) in [5.41, 5.74) is 2.61. The lowest BCUT2D eigenvalue weighted by Gasteiger charge is -2.28. The minimum absolute atomic E-state index is 0.0428. The topological polar surface area (TPSA) is 54.3 Å². The molecule has 6 heteroatoms. The van der Waals surface area contributed by atoms with Crippen molar-refractivity contribution < 1.29 is 4.79 Å². The van der Waals surface area contributed by atoms with Crippen LogP contribution in [0.1, 0.15) is 11.1 Å². The molecule has 0 spiro atoms. The molecule has 0 saturated carbocycles. The molecule has 1 aromatic carbocycles. The monoisotopic (exact) mass is 389 g/mol. The van der Waals surface area contributed by atoms with Gasteiger partial charge in [-0.15, -0.1) is 0 Å². The predicted molar refractivity (Wildman–Crippen MR) is 96.8 cm³/mol. The Labute approximate surface area is 149 Å². The van der Waals surface area contributed by atoms with Gasteiger partial charge in [-0.25, -0.2) is 0 Å². The van der Waals surface area contributed by atoms with E-state index >= 15 is 0 Å². The molecule has 0 atom stereocenters. The third-order valence-corrected chi connectivity index (χ3v) is 4.69. The quantitative estimate of drug-likeness (QED) is 0.847. The molecule has 0 bridgehead atoms. The zero-order chi connectivity index (χ0) is 16.9. The third-order valence-electron chi connectivity index (χ3n) is 4.22. The number of hydrogen-bond donors (Lipinski definition) is 1. The van der Waals surface area contributed by atoms with Gasteiger partial charge in [0.05, 0.1) is 0 Å². The first kappa shape index (κ1) is 16.9. The van der Waals surface area contributed by atoms with Crippen molar-refractivity contribution in [3.63, 3.8) is 0 Å². The van der Waals surface area contributed by atoms with Crippen molar-refractivity contribution in [3.05, 3.63) is 68.5 Å². The van der Waals surface area contributed by atoms with Gasteiger partial charge in [-0.1, -0.05) is 24.3 Å². The van der Waals surface area contributed by atoms with Crippen LogP contribution in [0.5, 0.6) is 0 Å². The van der Waals surface area contributed by atoms with Gasteiger partial charge in [0.1, 0.15) is 6.54 Å². The molecular weight excluding hydrogens is 370 g/mol. The van der Waals surface area contributed by atoms with E-state index in [1.807, 2.05) is 0 Å². The van der Waals surface area contributed by atoms with Crippen LogP contribution in [0.2, 0.25) is 0 Å². The van der Waals surface area contributed by atoms with Gasteiger partial charge in [-0.05, 0) is 39.5 Å². The second-order valence-corrected chi connectivity index (χ2v) is 6.87. The minimum Gasteiger partial charge on any atom is -0.353 e. The van der Waals surface area contributed by atoms with Crippen LogP contribution >= 0.6 is 15.9 Å². The predicted octanol–water partition coefficient (Wildman–Crippen LogP) is 1.79. The highest BCUT2D eigenvalue weighted by molar-refractivity contribution is 9.10. The Kier molecular flexibility index (Phi) is 5.48. The van der Waals surface area contributed by atoms with Crippen molar-refractivity contribution in [2.45, 2.75) is 19.5 Å². The maximum absolute atomic E-state index is 12.0. The molecule has 5 nitrogen and oxygen atoms in total. The normalized spacial score (nSPS) is 14.2. The van der Waals surface area contributed by atoms with E-state index in [4.69, 9.17) is 0 Å². The van der Waals surface area contributed by atoms with Crippen molar-refractivity contribution in [2.75, 3.05) is 19.6 Å². The lowest BCUT2D eigenvalue weighted by atomic mass is 10.00. The summed E-state index contributed by atoms with van der Waals surface area (Å²) in [7, 11) is 0. The Morgan fingerprint density at radius 1 is 1.17 bits per heavy atom. The van der Waals surface area contributed by atoms with E-state index in [0.717, 1.165) is 30.5 Å². The SMILES string of the molecule is O=C(Cn1cc(Br)ccc1=O)NCCN1CCc2ccccc2C1. The molecule has 3 rings (SSSR count). The molecule has 1 aliphatic rings. The summed E-state index contributed by atoms with van der Waals surface area (Å²) in [6.45, 7) is 3.38. The fourth-order valence-corrected chi connectivity index (χ4v) is 3.31. The summed E-state index contributed by atoms with van der Waals surface area (Å²) in [6.07, 6.45) is 2.68. The van der Waals surface area contributed by atoms with Gasteiger partial charge in [-0.2, -0.15) is 0 Å². The van der Waals surface area contributed by atoms with E-state index in [1.54, 1.807) is 12.3 Å². The Morgan fingerprint density at radius 2 is 1.96 bits per heavy atom. The third kappa shape index (κ3) is 4.33. The number of hydrogen-bond acceptors (Lipinski definition) is 3. The van der Waals surface area contributed by atoms with Crippen LogP contribution in [0.25, 0.3) is 0 Å². The molecule has 0 aliphatic carbocycles. The number of halogens is 1. The van der Waals surface area contributed by atoms with Gasteiger partial charge in [0, 0.05) is 42.9 Å². The average Bonchev–Trinajstić information content (AvgIpc) is 2.58. The molecule has 24 heavy (non-hydrogen) atoms. The summed E-state index contributed by atoms with van der Waals surface area (Å²) in [4.78, 5) is 26.1. The van der Waals surface area contributed by atoms with Crippen LogP contribution in [-0.2, 0) is 24.3 Å². The first-order chi connectivity index (χ1) is 11.6. The Hall–Kier alpha value is -1.92. The highest BCUT2D eigenvalue weighted by atomic mass is 79.9. The molecule has 1 N–H and O–H groups in total. The van der Waals surface area contributed by atoms with Crippen molar-refractivity contribution in [1.29, 1.82) is 0 Å². The number of aromatic nitrogens is 1. The van der Waals surface area contributed by atoms with Crippen LogP contribution in [-0.4, -0.2) is 35.0 Å². The number of carbonyl (C=O) groups excluding carboxylic acids is 1. The standard InChI is InChI=1S/C18H20BrN3O2/c19-16-5-6-18(24)22(12-16)13-17(23)20-8-10-21-9-7-14-3-1-2-4-15(14)11-21/h1-6,12H,7-11,13H2,(H,20,23). The molecule has 2 heterocycles. The second-order valence-electron chi connectivity index (χ2n) is 5.96. The molecule has 1 amide bonds. The van der Waals surface area contributed by atoms with Crippen molar-refractivity contribution in [2.24, 2.45) is 0 Å². The molecule has 126 valence electrons. The first-order valence-electron chi connectivity index (χ1n) is 8.03. The van der Waals surface area contributed by atoms with Gasteiger partial charge in [-0.3, -0.25) is 14.5 Å². The second kappa shape index (κ2) is 7.77. The zero-order valence-electron chi connectivity index (χ0n) is 13.4. The molecule has 0 radical (unpaired) electrons. The Balaban J connectivity index is 1.46. The van der Waals surface area contributed by atoms with E-state index in [2.05, 4.69) is 50.4 Å². The minimum atomic E-state index is -0.180. The van der Waals surface area contributed by atoms with Crippen LogP contribution < -0.4 is 10.9 Å². The number of pyridine rings is 1. The fraction of sp³-hybridized carbons (Fsp3) is 0.333. The Morgan fingerprint density at radius 3 is 2.79 bits per heavy atom. The molecule has 0 unspecified atom stereocenters. The van der Waals surface area contributed by atoms with E-state index in [9.17, 15) is 9.59 Å². The average molecular weight is 390 g/mol. The smallest absolute Gasteiger partial charge is 0.251 e. The van der Waals surface area contributed by atoms with Crippen LogP contribution in [0, 0.1) is 0 Å². The van der Waals surface area contributed by atoms with Gasteiger partial charge in [0.15, 0.2) is 0 Å². The number of amides is 1. The molecule has 0 fully saturated rings. The van der Waals surface area contributed by atoms with Crippen molar-refractivity contribution >= 4 is 21.8 Å². The van der Waals surface area contributed by atoms with Gasteiger partial charge in [0.2, 0.25) is 5.91 Å². The van der Waals surface area contributed by atoms with Gasteiger partial charge >= 0.3 is 0 Å². The van der Waals surface area contributed by atoms with Crippen molar-refractivity contribution in [1.82, 2.24) is 14.8 Å².